The van der Waals surface area contributed by atoms with E-state index in [4.69, 9.17) is 0 Å². The number of hydrogen-bond donors (Lipinski definition) is 3. The Morgan fingerprint density at radius 2 is 1.00 bits per heavy atom. The first-order chi connectivity index (χ1) is 13.6. The van der Waals surface area contributed by atoms with Gasteiger partial charge in [-0.15, -0.1) is 0 Å². The standard InChI is InChI=1S/C13H19NO.C12H20N2/c1-9(2)13(15)11-6-5-7-12(8-11)14-10(3)4;1-9(2)13-11-6-5-7-12(8-11)14-10(3)4/h5-10,14H,1-4H3;5-10,13-14H,1-4H3. The van der Waals surface area contributed by atoms with E-state index in [1.54, 1.807) is 0 Å². The van der Waals surface area contributed by atoms with Crippen molar-refractivity contribution in [3.63, 3.8) is 0 Å². The smallest absolute Gasteiger partial charge is 0.165 e. The van der Waals surface area contributed by atoms with E-state index < -0.39 is 0 Å². The molecule has 160 valence electrons. The van der Waals surface area contributed by atoms with Crippen LogP contribution in [0.25, 0.3) is 0 Å². The monoisotopic (exact) mass is 397 g/mol. The maximum Gasteiger partial charge on any atom is 0.165 e. The largest absolute Gasteiger partial charge is 0.383 e. The molecule has 0 aromatic heterocycles. The van der Waals surface area contributed by atoms with E-state index in [0.29, 0.717) is 18.1 Å². The summed E-state index contributed by atoms with van der Waals surface area (Å²) in [5.41, 5.74) is 4.14. The van der Waals surface area contributed by atoms with Crippen molar-refractivity contribution in [2.24, 2.45) is 5.92 Å². The second-order valence-corrected chi connectivity index (χ2v) is 8.58. The minimum absolute atomic E-state index is 0.0549. The van der Waals surface area contributed by atoms with Crippen LogP contribution >= 0.6 is 0 Å². The van der Waals surface area contributed by atoms with Gasteiger partial charge in [-0.3, -0.25) is 4.79 Å². The highest BCUT2D eigenvalue weighted by Crippen LogP contribution is 2.17. The molecular weight excluding hydrogens is 358 g/mol. The fourth-order valence-electron chi connectivity index (χ4n) is 2.79. The summed E-state index contributed by atoms with van der Waals surface area (Å²) < 4.78 is 0. The molecule has 0 radical (unpaired) electrons. The van der Waals surface area contributed by atoms with Crippen LogP contribution in [0, 0.1) is 5.92 Å². The highest BCUT2D eigenvalue weighted by molar-refractivity contribution is 5.98. The summed E-state index contributed by atoms with van der Waals surface area (Å²) in [6.07, 6.45) is 0. The zero-order valence-corrected chi connectivity index (χ0v) is 19.3. The maximum atomic E-state index is 11.8. The third kappa shape index (κ3) is 10.0. The van der Waals surface area contributed by atoms with E-state index in [1.807, 2.05) is 38.1 Å². The minimum atomic E-state index is 0.0549. The van der Waals surface area contributed by atoms with Crippen molar-refractivity contribution >= 4 is 22.8 Å². The fraction of sp³-hybridized carbons (Fsp3) is 0.480. The van der Waals surface area contributed by atoms with Crippen molar-refractivity contribution in [1.82, 2.24) is 0 Å². The van der Waals surface area contributed by atoms with Gasteiger partial charge in [-0.1, -0.05) is 32.0 Å². The number of anilines is 3. The number of hydrogen-bond acceptors (Lipinski definition) is 4. The van der Waals surface area contributed by atoms with Crippen LogP contribution in [0.15, 0.2) is 48.5 Å². The third-order valence-corrected chi connectivity index (χ3v) is 3.90. The number of carbonyl (C=O) groups excluding carboxylic acids is 1. The Bertz CT molecular complexity index is 726. The fourth-order valence-corrected chi connectivity index (χ4v) is 2.79. The molecular formula is C25H39N3O. The van der Waals surface area contributed by atoms with Crippen LogP contribution in [0.5, 0.6) is 0 Å². The van der Waals surface area contributed by atoms with E-state index in [1.165, 1.54) is 11.4 Å². The van der Waals surface area contributed by atoms with Gasteiger partial charge in [0, 0.05) is 46.7 Å². The Balaban J connectivity index is 0.000000291. The van der Waals surface area contributed by atoms with Crippen LogP contribution in [0.2, 0.25) is 0 Å². The van der Waals surface area contributed by atoms with Crippen molar-refractivity contribution in [3.05, 3.63) is 54.1 Å². The molecule has 0 amide bonds. The predicted octanol–water partition coefficient (Wildman–Crippen LogP) is 6.67. The molecule has 2 aromatic carbocycles. The molecule has 0 heterocycles. The molecule has 0 spiro atoms. The van der Waals surface area contributed by atoms with Gasteiger partial charge in [0.25, 0.3) is 0 Å². The highest BCUT2D eigenvalue weighted by atomic mass is 16.1. The molecule has 0 saturated carbocycles. The SMILES string of the molecule is CC(C)Nc1cccc(C(=O)C(C)C)c1.CC(C)Nc1cccc(NC(C)C)c1. The van der Waals surface area contributed by atoms with Crippen molar-refractivity contribution in [1.29, 1.82) is 0 Å². The van der Waals surface area contributed by atoms with Crippen LogP contribution in [-0.2, 0) is 0 Å². The number of Topliss-reactive ketones (excluding diaryl/α,β-unsaturated/α-hetero) is 1. The second kappa shape index (κ2) is 12.2. The van der Waals surface area contributed by atoms with Crippen molar-refractivity contribution < 1.29 is 4.79 Å². The number of carbonyl (C=O) groups is 1. The van der Waals surface area contributed by atoms with Gasteiger partial charge >= 0.3 is 0 Å². The van der Waals surface area contributed by atoms with Gasteiger partial charge in [-0.05, 0) is 71.9 Å². The molecule has 3 N–H and O–H groups in total. The number of nitrogens with one attached hydrogen (secondary N) is 3. The maximum absolute atomic E-state index is 11.8. The molecule has 0 saturated heterocycles. The summed E-state index contributed by atoms with van der Waals surface area (Å²) in [7, 11) is 0. The lowest BCUT2D eigenvalue weighted by molar-refractivity contribution is 0.0939. The molecule has 29 heavy (non-hydrogen) atoms. The first-order valence-electron chi connectivity index (χ1n) is 10.6. The molecule has 0 aliphatic carbocycles. The zero-order valence-electron chi connectivity index (χ0n) is 19.3. The van der Waals surface area contributed by atoms with Crippen molar-refractivity contribution in [2.75, 3.05) is 16.0 Å². The molecule has 0 unspecified atom stereocenters. The van der Waals surface area contributed by atoms with E-state index in [0.717, 1.165) is 11.3 Å². The molecule has 0 fully saturated rings. The molecule has 2 aromatic rings. The minimum Gasteiger partial charge on any atom is -0.383 e. The van der Waals surface area contributed by atoms with Crippen molar-refractivity contribution in [3.8, 4) is 0 Å². The summed E-state index contributed by atoms with van der Waals surface area (Å²) in [6.45, 7) is 16.6. The second-order valence-electron chi connectivity index (χ2n) is 8.58. The normalized spacial score (nSPS) is 10.8. The van der Waals surface area contributed by atoms with Crippen molar-refractivity contribution in [2.45, 2.75) is 73.5 Å². The van der Waals surface area contributed by atoms with Crippen LogP contribution < -0.4 is 16.0 Å². The third-order valence-electron chi connectivity index (χ3n) is 3.90. The molecule has 0 atom stereocenters. The van der Waals surface area contributed by atoms with Gasteiger partial charge in [0.15, 0.2) is 5.78 Å². The van der Waals surface area contributed by atoms with Gasteiger partial charge in [-0.25, -0.2) is 0 Å². The van der Waals surface area contributed by atoms with Gasteiger partial charge in [0.2, 0.25) is 0 Å². The molecule has 0 aliphatic rings. The van der Waals surface area contributed by atoms with E-state index >= 15 is 0 Å². The Labute approximate surface area is 177 Å². The molecule has 4 heteroatoms. The molecule has 0 aliphatic heterocycles. The van der Waals surface area contributed by atoms with Gasteiger partial charge in [0.1, 0.15) is 0 Å². The average molecular weight is 398 g/mol. The van der Waals surface area contributed by atoms with E-state index in [9.17, 15) is 4.79 Å². The summed E-state index contributed by atoms with van der Waals surface area (Å²) >= 11 is 0. The lowest BCUT2D eigenvalue weighted by atomic mass is 10.0. The number of ketones is 1. The first kappa shape index (κ1) is 24.5. The lowest BCUT2D eigenvalue weighted by Crippen LogP contribution is -2.12. The quantitative estimate of drug-likeness (QED) is 0.435. The zero-order chi connectivity index (χ0) is 22.0. The Morgan fingerprint density at radius 3 is 1.38 bits per heavy atom. The van der Waals surface area contributed by atoms with E-state index in [-0.39, 0.29) is 11.7 Å². The Kier molecular flexibility index (Phi) is 10.3. The summed E-state index contributed by atoms with van der Waals surface area (Å²) in [5, 5.41) is 10.0. The Hall–Kier alpha value is -2.49. The summed E-state index contributed by atoms with van der Waals surface area (Å²) in [4.78, 5) is 11.8. The highest BCUT2D eigenvalue weighted by Gasteiger charge is 2.10. The van der Waals surface area contributed by atoms with Crippen LogP contribution in [-0.4, -0.2) is 23.9 Å². The van der Waals surface area contributed by atoms with Crippen LogP contribution in [0.4, 0.5) is 17.1 Å². The molecule has 2 rings (SSSR count). The topological polar surface area (TPSA) is 53.2 Å². The van der Waals surface area contributed by atoms with Gasteiger partial charge in [-0.2, -0.15) is 0 Å². The summed E-state index contributed by atoms with van der Waals surface area (Å²) in [6, 6.07) is 17.4. The first-order valence-corrected chi connectivity index (χ1v) is 10.6. The number of benzene rings is 2. The summed E-state index contributed by atoms with van der Waals surface area (Å²) in [5.74, 6) is 0.252. The van der Waals surface area contributed by atoms with Gasteiger partial charge in [0.05, 0.1) is 0 Å². The van der Waals surface area contributed by atoms with Crippen LogP contribution in [0.3, 0.4) is 0 Å². The lowest BCUT2D eigenvalue weighted by Gasteiger charge is -2.13. The Morgan fingerprint density at radius 1 is 0.621 bits per heavy atom. The predicted molar refractivity (Wildman–Crippen MR) is 128 cm³/mol. The molecule has 4 nitrogen and oxygen atoms in total. The molecule has 0 bridgehead atoms. The van der Waals surface area contributed by atoms with Crippen LogP contribution in [0.1, 0.15) is 65.7 Å². The number of rotatable bonds is 8. The average Bonchev–Trinajstić information content (AvgIpc) is 2.60. The van der Waals surface area contributed by atoms with E-state index in [2.05, 4.69) is 81.8 Å². The van der Waals surface area contributed by atoms with Gasteiger partial charge < -0.3 is 16.0 Å².